The van der Waals surface area contributed by atoms with Gasteiger partial charge in [0.2, 0.25) is 0 Å². The summed E-state index contributed by atoms with van der Waals surface area (Å²) in [6.45, 7) is 2.66. The van der Waals surface area contributed by atoms with Crippen molar-refractivity contribution in [1.29, 1.82) is 0 Å². The number of ether oxygens (including phenoxy) is 1. The number of nitrogens with two attached hydrogens (primary N) is 1. The first kappa shape index (κ1) is 21.2. The summed E-state index contributed by atoms with van der Waals surface area (Å²) in [6.07, 6.45) is 0.981. The molecule has 4 N–H and O–H groups in total. The number of hydrogen-bond acceptors (Lipinski definition) is 7. The fraction of sp³-hybridized carbons (Fsp3) is 0.238. The molecule has 0 fully saturated rings. The van der Waals surface area contributed by atoms with Crippen molar-refractivity contribution >= 4 is 5.82 Å². The minimum atomic E-state index is -1.89. The number of rotatable bonds is 4. The lowest BCUT2D eigenvalue weighted by Crippen LogP contribution is -2.20. The fourth-order valence-electron chi connectivity index (χ4n) is 3.17. The van der Waals surface area contributed by atoms with Gasteiger partial charge in [-0.3, -0.25) is 0 Å². The van der Waals surface area contributed by atoms with Gasteiger partial charge in [-0.15, -0.1) is 0 Å². The van der Waals surface area contributed by atoms with Crippen LogP contribution < -0.4 is 21.5 Å². The molecule has 1 aliphatic rings. The lowest BCUT2D eigenvalue weighted by molar-refractivity contribution is 0.321. The first-order valence-electron chi connectivity index (χ1n) is 9.71. The summed E-state index contributed by atoms with van der Waals surface area (Å²) in [5, 5.41) is 9.26. The first-order valence-corrected chi connectivity index (χ1v) is 9.71. The summed E-state index contributed by atoms with van der Waals surface area (Å²) in [5.41, 5.74) is 6.40. The monoisotopic (exact) mass is 439 g/mol. The van der Waals surface area contributed by atoms with Gasteiger partial charge in [-0.1, -0.05) is 11.8 Å². The molecule has 0 aromatic carbocycles. The van der Waals surface area contributed by atoms with Gasteiger partial charge in [0.05, 0.1) is 6.54 Å². The lowest BCUT2D eigenvalue weighted by atomic mass is 10.1. The number of fused-ring (bicyclic) bond motifs is 1. The van der Waals surface area contributed by atoms with Gasteiger partial charge in [0.15, 0.2) is 11.6 Å². The lowest BCUT2D eigenvalue weighted by Gasteiger charge is -2.17. The number of nitrogens with one attached hydrogen (secondary N) is 2. The Labute approximate surface area is 181 Å². The van der Waals surface area contributed by atoms with E-state index in [9.17, 15) is 13.6 Å². The molecule has 164 valence electrons. The zero-order valence-electron chi connectivity index (χ0n) is 17.1. The van der Waals surface area contributed by atoms with Crippen LogP contribution in [0.4, 0.5) is 14.6 Å². The number of aromatic nitrogens is 5. The predicted molar refractivity (Wildman–Crippen MR) is 113 cm³/mol. The molecule has 4 rings (SSSR count). The molecule has 0 radical (unpaired) electrons. The predicted octanol–water partition coefficient (Wildman–Crippen LogP) is 1.51. The van der Waals surface area contributed by atoms with Crippen LogP contribution in [0.3, 0.4) is 0 Å². The van der Waals surface area contributed by atoms with E-state index in [0.29, 0.717) is 41.4 Å². The van der Waals surface area contributed by atoms with Crippen molar-refractivity contribution in [3.63, 3.8) is 0 Å². The third-order valence-electron chi connectivity index (χ3n) is 4.75. The molecule has 0 atom stereocenters. The van der Waals surface area contributed by atoms with E-state index >= 15 is 0 Å². The van der Waals surface area contributed by atoms with Crippen molar-refractivity contribution < 1.29 is 13.5 Å². The number of nitrogens with zero attached hydrogens (tertiary/aromatic N) is 4. The molecule has 3 aromatic rings. The van der Waals surface area contributed by atoms with Crippen LogP contribution in [0.25, 0.3) is 5.82 Å². The molecule has 0 unspecified atom stereocenters. The van der Waals surface area contributed by atoms with Crippen LogP contribution in [-0.4, -0.2) is 44.4 Å². The highest BCUT2D eigenvalue weighted by Gasteiger charge is 2.17. The van der Waals surface area contributed by atoms with Gasteiger partial charge >= 0.3 is 5.69 Å². The number of halogens is 2. The Kier molecular flexibility index (Phi) is 5.96. The summed E-state index contributed by atoms with van der Waals surface area (Å²) in [6, 6.07) is 3.55. The topological polar surface area (TPSA) is 124 Å². The molecule has 11 heteroatoms. The average Bonchev–Trinajstić information content (AvgIpc) is 3.15. The van der Waals surface area contributed by atoms with Gasteiger partial charge in [-0.25, -0.2) is 24.4 Å². The summed E-state index contributed by atoms with van der Waals surface area (Å²) < 4.78 is 32.7. The second kappa shape index (κ2) is 8.99. The van der Waals surface area contributed by atoms with Crippen LogP contribution >= 0.6 is 0 Å². The van der Waals surface area contributed by atoms with E-state index in [1.54, 1.807) is 25.3 Å². The zero-order chi connectivity index (χ0) is 22.7. The van der Waals surface area contributed by atoms with Crippen molar-refractivity contribution in [2.24, 2.45) is 5.73 Å². The fourth-order valence-corrected chi connectivity index (χ4v) is 3.17. The van der Waals surface area contributed by atoms with E-state index in [4.69, 9.17) is 10.5 Å². The molecule has 0 bridgehead atoms. The van der Waals surface area contributed by atoms with Gasteiger partial charge in [0, 0.05) is 48.1 Å². The van der Waals surface area contributed by atoms with Crippen LogP contribution in [-0.2, 0) is 6.42 Å². The molecule has 32 heavy (non-hydrogen) atoms. The van der Waals surface area contributed by atoms with Crippen LogP contribution in [0, 0.1) is 18.8 Å². The number of hydrogen-bond donors (Lipinski definition) is 3. The quantitative estimate of drug-likeness (QED) is 0.527. The maximum atomic E-state index is 13.0. The number of aromatic amines is 1. The Morgan fingerprint density at radius 2 is 2.00 bits per heavy atom. The molecule has 1 aliphatic heterocycles. The molecule has 0 spiro atoms. The van der Waals surface area contributed by atoms with Crippen LogP contribution in [0.1, 0.15) is 22.5 Å². The summed E-state index contributed by atoms with van der Waals surface area (Å²) in [7, 11) is 0. The van der Waals surface area contributed by atoms with Crippen molar-refractivity contribution in [3.8, 4) is 23.4 Å². The first-order chi connectivity index (χ1) is 15.5. The maximum absolute atomic E-state index is 13.0. The molecule has 4 heterocycles. The van der Waals surface area contributed by atoms with Gasteiger partial charge in [-0.2, -0.15) is 13.9 Å². The molecule has 0 amide bonds. The van der Waals surface area contributed by atoms with E-state index in [1.165, 1.54) is 6.20 Å². The van der Waals surface area contributed by atoms with E-state index < -0.39 is 11.8 Å². The van der Waals surface area contributed by atoms with Crippen molar-refractivity contribution in [1.82, 2.24) is 24.7 Å². The van der Waals surface area contributed by atoms with Crippen LogP contribution in [0.2, 0.25) is 0 Å². The number of aryl methyl sites for hydroxylation is 1. The second-order valence-corrected chi connectivity index (χ2v) is 6.99. The number of H-pyrrole nitrogens is 1. The molecular weight excluding hydrogens is 420 g/mol. The van der Waals surface area contributed by atoms with Crippen molar-refractivity contribution in [2.75, 3.05) is 25.0 Å². The normalized spacial score (nSPS) is 12.1. The summed E-state index contributed by atoms with van der Waals surface area (Å²) in [4.78, 5) is 20.9. The van der Waals surface area contributed by atoms with Crippen LogP contribution in [0.5, 0.6) is 5.75 Å². The molecule has 0 aliphatic carbocycles. The number of pyridine rings is 2. The Morgan fingerprint density at radius 3 is 2.72 bits per heavy atom. The summed E-state index contributed by atoms with van der Waals surface area (Å²) >= 11 is 0. The molecular formula is C21H19F2N7O2. The summed E-state index contributed by atoms with van der Waals surface area (Å²) in [5.74, 6) is 7.71. The standard InChI is InChI=1S/C21H19F2N7O2/c1-12-6-13(2-3-14-7-16-19(26-10-14)25-4-5-32-16)11-27-20(12)30-17(28-29-21(30)31)8-15(9-24)18(22)23/h6-7,10-11H,4-5,8-9,24H2,1H3,(H,25,26)(H,29,31). The molecule has 0 saturated carbocycles. The van der Waals surface area contributed by atoms with Gasteiger partial charge in [-0.05, 0) is 18.6 Å². The Morgan fingerprint density at radius 1 is 1.25 bits per heavy atom. The molecule has 9 nitrogen and oxygen atoms in total. The smallest absolute Gasteiger partial charge is 0.349 e. The molecule has 0 saturated heterocycles. The molecule has 3 aromatic heterocycles. The van der Waals surface area contributed by atoms with E-state index in [0.717, 1.165) is 4.57 Å². The minimum absolute atomic E-state index is 0.0893. The van der Waals surface area contributed by atoms with Crippen LogP contribution in [0.15, 0.2) is 41.0 Å². The largest absolute Gasteiger partial charge is 0.488 e. The third-order valence-corrected chi connectivity index (χ3v) is 4.75. The Hall–Kier alpha value is -4.04. The Bertz CT molecular complexity index is 1310. The highest BCUT2D eigenvalue weighted by molar-refractivity contribution is 5.56. The van der Waals surface area contributed by atoms with Crippen molar-refractivity contribution in [3.05, 3.63) is 69.2 Å². The van der Waals surface area contributed by atoms with E-state index in [1.807, 2.05) is 0 Å². The highest BCUT2D eigenvalue weighted by atomic mass is 19.3. The highest BCUT2D eigenvalue weighted by Crippen LogP contribution is 2.25. The van der Waals surface area contributed by atoms with E-state index in [-0.39, 0.29) is 30.2 Å². The SMILES string of the molecule is Cc1cc(C#Cc2cnc3c(c2)OCCN3)cnc1-n1c(CC(CN)=C(F)F)n[nH]c1=O. The van der Waals surface area contributed by atoms with E-state index in [2.05, 4.69) is 37.3 Å². The van der Waals surface area contributed by atoms with Gasteiger partial charge in [0.1, 0.15) is 18.2 Å². The van der Waals surface area contributed by atoms with Gasteiger partial charge < -0.3 is 15.8 Å². The second-order valence-electron chi connectivity index (χ2n) is 6.99. The average molecular weight is 439 g/mol. The van der Waals surface area contributed by atoms with Gasteiger partial charge in [0.25, 0.3) is 6.08 Å². The number of anilines is 1. The third kappa shape index (κ3) is 4.35. The zero-order valence-corrected chi connectivity index (χ0v) is 17.1. The Balaban J connectivity index is 1.62. The van der Waals surface area contributed by atoms with Crippen molar-refractivity contribution in [2.45, 2.75) is 13.3 Å². The maximum Gasteiger partial charge on any atom is 0.349 e. The minimum Gasteiger partial charge on any atom is -0.488 e.